The number of methoxy groups -OCH3 is 1. The minimum absolute atomic E-state index is 0.136. The molecule has 7 nitrogen and oxygen atoms in total. The minimum Gasteiger partial charge on any atom is -0.497 e. The molecule has 3 rings (SSSR count). The molecule has 1 aromatic heterocycles. The lowest BCUT2D eigenvalue weighted by Gasteiger charge is -2.14. The van der Waals surface area contributed by atoms with Crippen molar-refractivity contribution < 1.29 is 19.1 Å². The molecular weight excluding hydrogens is 370 g/mol. The Kier molecular flexibility index (Phi) is 6.29. The Morgan fingerprint density at radius 1 is 1.07 bits per heavy atom. The number of para-hydroxylation sites is 1. The van der Waals surface area contributed by atoms with Crippen LogP contribution < -0.4 is 4.74 Å². The summed E-state index contributed by atoms with van der Waals surface area (Å²) in [6.45, 7) is 1.86. The third-order valence-corrected chi connectivity index (χ3v) is 4.33. The van der Waals surface area contributed by atoms with Gasteiger partial charge in [-0.2, -0.15) is 5.10 Å². The monoisotopic (exact) mass is 393 g/mol. The van der Waals surface area contributed by atoms with E-state index < -0.39 is 5.97 Å². The van der Waals surface area contributed by atoms with Gasteiger partial charge in [0.15, 0.2) is 5.69 Å². The van der Waals surface area contributed by atoms with Gasteiger partial charge in [0, 0.05) is 12.6 Å². The Morgan fingerprint density at radius 2 is 1.76 bits per heavy atom. The van der Waals surface area contributed by atoms with Crippen molar-refractivity contribution in [3.63, 3.8) is 0 Å². The molecule has 29 heavy (non-hydrogen) atoms. The lowest BCUT2D eigenvalue weighted by atomic mass is 10.1. The highest BCUT2D eigenvalue weighted by atomic mass is 16.5. The van der Waals surface area contributed by atoms with E-state index in [1.807, 2.05) is 54.6 Å². The lowest BCUT2D eigenvalue weighted by Crippen LogP contribution is -2.33. The maximum atomic E-state index is 12.8. The Labute approximate surface area is 169 Å². The summed E-state index contributed by atoms with van der Waals surface area (Å²) in [7, 11) is 3.16. The van der Waals surface area contributed by atoms with Gasteiger partial charge in [-0.25, -0.2) is 4.68 Å². The molecule has 3 aromatic rings. The van der Waals surface area contributed by atoms with Crippen LogP contribution in [0.1, 0.15) is 17.4 Å². The Bertz CT molecular complexity index is 981. The van der Waals surface area contributed by atoms with Crippen LogP contribution in [-0.2, 0) is 9.53 Å². The zero-order chi connectivity index (χ0) is 20.8. The molecule has 0 saturated heterocycles. The van der Waals surface area contributed by atoms with Crippen molar-refractivity contribution in [3.8, 4) is 22.7 Å². The number of ether oxygens (including phenoxy) is 2. The van der Waals surface area contributed by atoms with E-state index in [1.165, 1.54) is 4.90 Å². The van der Waals surface area contributed by atoms with Gasteiger partial charge in [-0.1, -0.05) is 18.2 Å². The van der Waals surface area contributed by atoms with Crippen molar-refractivity contribution in [2.75, 3.05) is 27.3 Å². The van der Waals surface area contributed by atoms with E-state index >= 15 is 0 Å². The molecule has 0 saturated carbocycles. The van der Waals surface area contributed by atoms with E-state index in [0.717, 1.165) is 22.7 Å². The van der Waals surface area contributed by atoms with Crippen LogP contribution in [0.3, 0.4) is 0 Å². The molecule has 0 fully saturated rings. The molecule has 0 N–H and O–H groups in total. The fourth-order valence-corrected chi connectivity index (χ4v) is 2.89. The van der Waals surface area contributed by atoms with Crippen molar-refractivity contribution in [1.82, 2.24) is 14.7 Å². The zero-order valence-electron chi connectivity index (χ0n) is 16.7. The highest BCUT2D eigenvalue weighted by Gasteiger charge is 2.21. The summed E-state index contributed by atoms with van der Waals surface area (Å²) in [6, 6.07) is 18.8. The molecule has 1 amide bonds. The fraction of sp³-hybridized carbons (Fsp3) is 0.227. The van der Waals surface area contributed by atoms with Gasteiger partial charge in [0.2, 0.25) is 0 Å². The first-order valence-electron chi connectivity index (χ1n) is 9.24. The van der Waals surface area contributed by atoms with E-state index in [0.29, 0.717) is 0 Å². The second kappa shape index (κ2) is 9.05. The van der Waals surface area contributed by atoms with Gasteiger partial charge in [0.1, 0.15) is 12.3 Å². The van der Waals surface area contributed by atoms with Gasteiger partial charge in [0.25, 0.3) is 5.91 Å². The second-order valence-electron chi connectivity index (χ2n) is 6.36. The van der Waals surface area contributed by atoms with Crippen LogP contribution in [0.5, 0.6) is 5.75 Å². The number of carbonyl (C=O) groups is 2. The van der Waals surface area contributed by atoms with E-state index in [4.69, 9.17) is 9.47 Å². The van der Waals surface area contributed by atoms with E-state index in [9.17, 15) is 9.59 Å². The fourth-order valence-electron chi connectivity index (χ4n) is 2.89. The molecule has 0 aliphatic rings. The number of benzene rings is 2. The van der Waals surface area contributed by atoms with E-state index in [-0.39, 0.29) is 24.8 Å². The third kappa shape index (κ3) is 4.63. The quantitative estimate of drug-likeness (QED) is 0.577. The number of aromatic nitrogens is 2. The highest BCUT2D eigenvalue weighted by molar-refractivity contribution is 5.95. The van der Waals surface area contributed by atoms with Gasteiger partial charge in [0.05, 0.1) is 25.1 Å². The maximum Gasteiger partial charge on any atom is 0.325 e. The van der Waals surface area contributed by atoms with Crippen molar-refractivity contribution in [3.05, 3.63) is 66.4 Å². The smallest absolute Gasteiger partial charge is 0.325 e. The van der Waals surface area contributed by atoms with Crippen LogP contribution in [0.4, 0.5) is 0 Å². The van der Waals surface area contributed by atoms with Crippen molar-refractivity contribution in [2.45, 2.75) is 6.92 Å². The number of hydrogen-bond donors (Lipinski definition) is 0. The van der Waals surface area contributed by atoms with Gasteiger partial charge in [-0.15, -0.1) is 0 Å². The minimum atomic E-state index is -0.457. The Morgan fingerprint density at radius 3 is 2.38 bits per heavy atom. The van der Waals surface area contributed by atoms with E-state index in [1.54, 1.807) is 31.8 Å². The van der Waals surface area contributed by atoms with Gasteiger partial charge in [-0.05, 0) is 49.4 Å². The summed E-state index contributed by atoms with van der Waals surface area (Å²) in [4.78, 5) is 25.8. The Balaban J connectivity index is 1.98. The first kappa shape index (κ1) is 20.1. The zero-order valence-corrected chi connectivity index (χ0v) is 16.7. The number of esters is 1. The van der Waals surface area contributed by atoms with Crippen molar-refractivity contribution >= 4 is 11.9 Å². The molecule has 0 unspecified atom stereocenters. The predicted octanol–water partition coefficient (Wildman–Crippen LogP) is 3.18. The number of hydrogen-bond acceptors (Lipinski definition) is 5. The topological polar surface area (TPSA) is 73.7 Å². The average Bonchev–Trinajstić information content (AvgIpc) is 3.19. The molecule has 150 valence electrons. The standard InChI is InChI=1S/C22H23N3O4/c1-4-29-21(26)15-24(2)22(27)19-14-20(16-10-12-18(28-3)13-11-16)25(23-19)17-8-6-5-7-9-17/h5-14H,4,15H2,1-3H3. The van der Waals surface area contributed by atoms with Gasteiger partial charge >= 0.3 is 5.97 Å². The van der Waals surface area contributed by atoms with Crippen LogP contribution in [0, 0.1) is 0 Å². The van der Waals surface area contributed by atoms with Crippen LogP contribution in [0.15, 0.2) is 60.7 Å². The third-order valence-electron chi connectivity index (χ3n) is 4.33. The van der Waals surface area contributed by atoms with Gasteiger partial charge in [-0.3, -0.25) is 9.59 Å². The summed E-state index contributed by atoms with van der Waals surface area (Å²) in [5.74, 6) is -0.0753. The molecular formula is C22H23N3O4. The maximum absolute atomic E-state index is 12.8. The number of amides is 1. The largest absolute Gasteiger partial charge is 0.497 e. The normalized spacial score (nSPS) is 10.4. The molecule has 0 aliphatic heterocycles. The summed E-state index contributed by atoms with van der Waals surface area (Å²) in [5.41, 5.74) is 2.71. The molecule has 0 atom stereocenters. The number of rotatable bonds is 7. The van der Waals surface area contributed by atoms with Gasteiger partial charge < -0.3 is 14.4 Å². The lowest BCUT2D eigenvalue weighted by molar-refractivity contribution is -0.143. The number of nitrogens with zero attached hydrogens (tertiary/aromatic N) is 3. The van der Waals surface area contributed by atoms with Crippen LogP contribution in [0.2, 0.25) is 0 Å². The molecule has 0 aliphatic carbocycles. The van der Waals surface area contributed by atoms with Crippen LogP contribution >= 0.6 is 0 Å². The second-order valence-corrected chi connectivity index (χ2v) is 6.36. The molecule has 0 radical (unpaired) electrons. The molecule has 0 bridgehead atoms. The molecule has 0 spiro atoms. The summed E-state index contributed by atoms with van der Waals surface area (Å²) < 4.78 is 11.9. The summed E-state index contributed by atoms with van der Waals surface area (Å²) >= 11 is 0. The molecule has 2 aromatic carbocycles. The SMILES string of the molecule is CCOC(=O)CN(C)C(=O)c1cc(-c2ccc(OC)cc2)n(-c2ccccc2)n1. The number of likely N-dealkylation sites (N-methyl/N-ethyl adjacent to an activating group) is 1. The Hall–Kier alpha value is -3.61. The predicted molar refractivity (Wildman–Crippen MR) is 109 cm³/mol. The van der Waals surface area contributed by atoms with Crippen LogP contribution in [0.25, 0.3) is 16.9 Å². The molecule has 7 heteroatoms. The summed E-state index contributed by atoms with van der Waals surface area (Å²) in [6.07, 6.45) is 0. The van der Waals surface area contributed by atoms with Crippen molar-refractivity contribution in [1.29, 1.82) is 0 Å². The highest BCUT2D eigenvalue weighted by Crippen LogP contribution is 2.26. The number of carbonyl (C=O) groups excluding carboxylic acids is 2. The molecule has 1 heterocycles. The first-order valence-corrected chi connectivity index (χ1v) is 9.24. The first-order chi connectivity index (χ1) is 14.0. The average molecular weight is 393 g/mol. The van der Waals surface area contributed by atoms with Crippen molar-refractivity contribution in [2.24, 2.45) is 0 Å². The van der Waals surface area contributed by atoms with E-state index in [2.05, 4.69) is 5.10 Å². The van der Waals surface area contributed by atoms with Crippen LogP contribution in [-0.4, -0.2) is 53.9 Å². The summed E-state index contributed by atoms with van der Waals surface area (Å²) in [5, 5.41) is 4.52.